The van der Waals surface area contributed by atoms with Gasteiger partial charge in [-0.25, -0.2) is 14.4 Å². The van der Waals surface area contributed by atoms with E-state index >= 15 is 0 Å². The minimum absolute atomic E-state index is 0.174. The zero-order chi connectivity index (χ0) is 33.9. The first kappa shape index (κ1) is 37.2. The van der Waals surface area contributed by atoms with Crippen LogP contribution in [0.5, 0.6) is 5.75 Å². The van der Waals surface area contributed by atoms with E-state index in [0.717, 1.165) is 55.2 Å². The lowest BCUT2D eigenvalue weighted by atomic mass is 9.99. The zero-order valence-corrected chi connectivity index (χ0v) is 28.3. The first-order valence-electron chi connectivity index (χ1n) is 17.3. The van der Waals surface area contributed by atoms with E-state index in [1.165, 1.54) is 69.7 Å². The van der Waals surface area contributed by atoms with Gasteiger partial charge in [-0.2, -0.15) is 0 Å². The summed E-state index contributed by atoms with van der Waals surface area (Å²) in [6, 6.07) is 20.6. The Morgan fingerprint density at radius 2 is 1.02 bits per heavy atom. The van der Waals surface area contributed by atoms with Crippen molar-refractivity contribution < 1.29 is 33.4 Å². The predicted octanol–water partition coefficient (Wildman–Crippen LogP) is 9.96. The van der Waals surface area contributed by atoms with Gasteiger partial charge in [-0.1, -0.05) is 114 Å². The van der Waals surface area contributed by atoms with Crippen LogP contribution in [0.15, 0.2) is 72.8 Å². The van der Waals surface area contributed by atoms with E-state index in [-0.39, 0.29) is 17.1 Å². The van der Waals surface area contributed by atoms with Crippen LogP contribution in [0.1, 0.15) is 135 Å². The van der Waals surface area contributed by atoms with Gasteiger partial charge in [0, 0.05) is 12.0 Å². The van der Waals surface area contributed by atoms with Crippen LogP contribution in [0.3, 0.4) is 0 Å². The maximum absolute atomic E-state index is 12.7. The molecule has 0 aliphatic rings. The van der Waals surface area contributed by atoms with Crippen LogP contribution in [0, 0.1) is 0 Å². The first-order valence-corrected chi connectivity index (χ1v) is 17.3. The summed E-state index contributed by atoms with van der Waals surface area (Å²) in [4.78, 5) is 49.9. The van der Waals surface area contributed by atoms with Crippen molar-refractivity contribution >= 4 is 23.7 Å². The van der Waals surface area contributed by atoms with E-state index in [0.29, 0.717) is 18.6 Å². The molecule has 0 N–H and O–H groups in total. The smallest absolute Gasteiger partial charge is 0.347 e. The fourth-order valence-corrected chi connectivity index (χ4v) is 5.13. The van der Waals surface area contributed by atoms with Gasteiger partial charge >= 0.3 is 17.9 Å². The molecule has 47 heavy (non-hydrogen) atoms. The van der Waals surface area contributed by atoms with Crippen LogP contribution in [0.4, 0.5) is 0 Å². The van der Waals surface area contributed by atoms with Crippen LogP contribution in [-0.2, 0) is 14.3 Å². The van der Waals surface area contributed by atoms with E-state index in [9.17, 15) is 19.2 Å². The Kier molecular flexibility index (Phi) is 16.4. The van der Waals surface area contributed by atoms with Gasteiger partial charge in [0.25, 0.3) is 0 Å². The third-order valence-electron chi connectivity index (χ3n) is 8.08. The van der Waals surface area contributed by atoms with Crippen molar-refractivity contribution in [3.05, 3.63) is 89.5 Å². The van der Waals surface area contributed by atoms with E-state index in [4.69, 9.17) is 14.2 Å². The minimum atomic E-state index is -1.03. The molecule has 0 spiro atoms. The van der Waals surface area contributed by atoms with Crippen molar-refractivity contribution in [2.75, 3.05) is 6.61 Å². The van der Waals surface area contributed by atoms with Crippen LogP contribution >= 0.6 is 0 Å². The number of hydrogen-bond acceptors (Lipinski definition) is 7. The van der Waals surface area contributed by atoms with Crippen molar-refractivity contribution in [2.45, 2.75) is 110 Å². The molecule has 0 saturated heterocycles. The first-order chi connectivity index (χ1) is 22.8. The van der Waals surface area contributed by atoms with Crippen molar-refractivity contribution in [1.82, 2.24) is 0 Å². The lowest BCUT2D eigenvalue weighted by Crippen LogP contribution is -2.26. The van der Waals surface area contributed by atoms with Gasteiger partial charge in [-0.15, -0.1) is 0 Å². The molecule has 0 radical (unpaired) electrons. The highest BCUT2D eigenvalue weighted by Crippen LogP contribution is 2.23. The molecule has 0 aliphatic heterocycles. The molecule has 0 amide bonds. The van der Waals surface area contributed by atoms with E-state index in [1.807, 2.05) is 36.4 Å². The number of carbonyl (C=O) groups excluding carboxylic acids is 4. The predicted molar refractivity (Wildman–Crippen MR) is 185 cm³/mol. The summed E-state index contributed by atoms with van der Waals surface area (Å²) >= 11 is 0. The second-order valence-electron chi connectivity index (χ2n) is 12.0. The molecule has 252 valence electrons. The zero-order valence-electron chi connectivity index (χ0n) is 28.3. The number of benzene rings is 3. The van der Waals surface area contributed by atoms with Crippen LogP contribution in [0.2, 0.25) is 0 Å². The fourth-order valence-electron chi connectivity index (χ4n) is 5.13. The Balaban J connectivity index is 1.43. The molecule has 0 fully saturated rings. The second kappa shape index (κ2) is 20.8. The highest BCUT2D eigenvalue weighted by molar-refractivity contribution is 5.96. The Bertz CT molecular complexity index is 1390. The summed E-state index contributed by atoms with van der Waals surface area (Å²) in [5.74, 6) is -1.35. The molecular weight excluding hydrogens is 592 g/mol. The number of unbranched alkanes of at least 4 members (excludes halogenated alkanes) is 10. The molecule has 1 atom stereocenters. The Morgan fingerprint density at radius 1 is 0.553 bits per heavy atom. The number of esters is 3. The Labute approximate surface area is 280 Å². The number of ether oxygens (including phenoxy) is 3. The normalized spacial score (nSPS) is 11.5. The SMILES string of the molecule is CCCCCCCCCCC(=O)c1ccc(-c2ccc(C(=O)Oc3ccc(C(=O)O[C@@H](C)C(=O)OCCCCCC)cc3)cc2)cc1. The average molecular weight is 643 g/mol. The summed E-state index contributed by atoms with van der Waals surface area (Å²) < 4.78 is 15.9. The van der Waals surface area contributed by atoms with Crippen molar-refractivity contribution in [2.24, 2.45) is 0 Å². The maximum Gasteiger partial charge on any atom is 0.347 e. The van der Waals surface area contributed by atoms with Gasteiger partial charge in [-0.3, -0.25) is 4.79 Å². The molecule has 0 aliphatic carbocycles. The number of ketones is 1. The third kappa shape index (κ3) is 13.2. The number of rotatable bonds is 21. The topological polar surface area (TPSA) is 96.0 Å². The second-order valence-corrected chi connectivity index (χ2v) is 12.0. The maximum atomic E-state index is 12.7. The summed E-state index contributed by atoms with van der Waals surface area (Å²) in [5.41, 5.74) is 3.18. The monoisotopic (exact) mass is 642 g/mol. The lowest BCUT2D eigenvalue weighted by Gasteiger charge is -2.13. The van der Waals surface area contributed by atoms with Crippen molar-refractivity contribution in [3.8, 4) is 16.9 Å². The number of carbonyl (C=O) groups is 4. The molecular formula is C40H50O7. The fraction of sp³-hybridized carbons (Fsp3) is 0.450. The lowest BCUT2D eigenvalue weighted by molar-refractivity contribution is -0.153. The van der Waals surface area contributed by atoms with Crippen LogP contribution in [0.25, 0.3) is 11.1 Å². The Morgan fingerprint density at radius 3 is 1.60 bits per heavy atom. The molecule has 0 bridgehead atoms. The quantitative estimate of drug-likeness (QED) is 0.0494. The summed E-state index contributed by atoms with van der Waals surface area (Å²) in [6.45, 7) is 6.11. The van der Waals surface area contributed by atoms with Gasteiger partial charge in [-0.05, 0) is 67.3 Å². The van der Waals surface area contributed by atoms with Crippen molar-refractivity contribution in [3.63, 3.8) is 0 Å². The van der Waals surface area contributed by atoms with Crippen molar-refractivity contribution in [1.29, 1.82) is 0 Å². The molecule has 0 unspecified atom stereocenters. The van der Waals surface area contributed by atoms with Gasteiger partial charge in [0.15, 0.2) is 11.9 Å². The van der Waals surface area contributed by atoms with Gasteiger partial charge in [0.05, 0.1) is 17.7 Å². The van der Waals surface area contributed by atoms with Crippen LogP contribution in [-0.4, -0.2) is 36.4 Å². The standard InChI is InChI=1S/C40H50O7/c1-4-6-8-10-11-12-13-14-16-37(41)33-21-17-31(18-22-33)32-19-23-34(24-20-32)40(44)47-36-27-25-35(26-28-36)39(43)46-30(3)38(42)45-29-15-9-7-5-2/h17-28,30H,4-16,29H2,1-3H3/t30-/m0/s1. The molecule has 0 heterocycles. The molecule has 3 rings (SSSR count). The Hall–Kier alpha value is -4.26. The van der Waals surface area contributed by atoms with E-state index in [2.05, 4.69) is 13.8 Å². The van der Waals surface area contributed by atoms with Gasteiger partial charge in [0.1, 0.15) is 5.75 Å². The molecule has 0 saturated carbocycles. The number of Topliss-reactive ketones (excluding diaryl/α,β-unsaturated/α-hetero) is 1. The summed E-state index contributed by atoms with van der Waals surface area (Å²) in [5, 5.41) is 0. The highest BCUT2D eigenvalue weighted by Gasteiger charge is 2.20. The highest BCUT2D eigenvalue weighted by atomic mass is 16.6. The van der Waals surface area contributed by atoms with Crippen LogP contribution < -0.4 is 4.74 Å². The van der Waals surface area contributed by atoms with E-state index < -0.39 is 24.0 Å². The third-order valence-corrected chi connectivity index (χ3v) is 8.08. The van der Waals surface area contributed by atoms with E-state index in [1.54, 1.807) is 12.1 Å². The molecule has 3 aromatic carbocycles. The molecule has 7 nitrogen and oxygen atoms in total. The molecule has 3 aromatic rings. The summed E-state index contributed by atoms with van der Waals surface area (Å²) in [7, 11) is 0. The van der Waals surface area contributed by atoms with Gasteiger partial charge < -0.3 is 14.2 Å². The largest absolute Gasteiger partial charge is 0.463 e. The summed E-state index contributed by atoms with van der Waals surface area (Å²) in [6.07, 6.45) is 13.1. The van der Waals surface area contributed by atoms with Gasteiger partial charge in [0.2, 0.25) is 0 Å². The minimum Gasteiger partial charge on any atom is -0.463 e. The molecule has 7 heteroatoms. The number of hydrogen-bond donors (Lipinski definition) is 0. The average Bonchev–Trinajstić information content (AvgIpc) is 3.09. The molecule has 0 aromatic heterocycles.